The molecule has 1 aliphatic heterocycles. The van der Waals surface area contributed by atoms with Crippen LogP contribution >= 0.6 is 0 Å². The van der Waals surface area contributed by atoms with E-state index in [1.807, 2.05) is 32.0 Å². The minimum Gasteiger partial charge on any atom is -0.483 e. The molecule has 0 bridgehead atoms. The molecule has 0 radical (unpaired) electrons. The summed E-state index contributed by atoms with van der Waals surface area (Å²) in [6.45, 7) is 3.78. The van der Waals surface area contributed by atoms with Crippen LogP contribution in [0, 0.1) is 13.8 Å². The fourth-order valence-corrected chi connectivity index (χ4v) is 2.52. The van der Waals surface area contributed by atoms with Crippen molar-refractivity contribution in [2.75, 3.05) is 23.8 Å². The van der Waals surface area contributed by atoms with Crippen molar-refractivity contribution in [1.82, 2.24) is 0 Å². The molecule has 6 nitrogen and oxygen atoms in total. The maximum Gasteiger partial charge on any atom is 0.262 e. The summed E-state index contributed by atoms with van der Waals surface area (Å²) in [6, 6.07) is 10.9. The second kappa shape index (κ2) is 6.62. The standard InChI is InChI=1S/C18H18N2O4/c1-11-4-3-5-12(2)18(11)24-10-16(21)19-13-6-7-15-14(8-13)20-17(22)9-23-15/h3-8H,9-10H2,1-2H3,(H,19,21)(H,20,22). The molecule has 0 saturated heterocycles. The van der Waals surface area contributed by atoms with Gasteiger partial charge in [0.2, 0.25) is 0 Å². The highest BCUT2D eigenvalue weighted by Gasteiger charge is 2.16. The first-order valence-corrected chi connectivity index (χ1v) is 7.58. The fraction of sp³-hybridized carbons (Fsp3) is 0.222. The smallest absolute Gasteiger partial charge is 0.262 e. The Morgan fingerprint density at radius 2 is 2.00 bits per heavy atom. The number of carbonyl (C=O) groups is 2. The molecule has 0 spiro atoms. The number of rotatable bonds is 4. The molecule has 0 unspecified atom stereocenters. The number of nitrogens with one attached hydrogen (secondary N) is 2. The lowest BCUT2D eigenvalue weighted by molar-refractivity contribution is -0.119. The van der Waals surface area contributed by atoms with Gasteiger partial charge in [0, 0.05) is 5.69 Å². The number of para-hydroxylation sites is 1. The van der Waals surface area contributed by atoms with Crippen molar-refractivity contribution >= 4 is 23.2 Å². The van der Waals surface area contributed by atoms with Gasteiger partial charge < -0.3 is 20.1 Å². The summed E-state index contributed by atoms with van der Waals surface area (Å²) in [5.74, 6) is 0.808. The van der Waals surface area contributed by atoms with Crippen molar-refractivity contribution < 1.29 is 19.1 Å². The molecule has 0 aromatic heterocycles. The lowest BCUT2D eigenvalue weighted by atomic mass is 10.1. The average molecular weight is 326 g/mol. The topological polar surface area (TPSA) is 76.7 Å². The van der Waals surface area contributed by atoms with Crippen LogP contribution in [0.3, 0.4) is 0 Å². The van der Waals surface area contributed by atoms with E-state index in [0.29, 0.717) is 17.1 Å². The Balaban J connectivity index is 1.63. The summed E-state index contributed by atoms with van der Waals surface area (Å²) in [6.07, 6.45) is 0. The Morgan fingerprint density at radius 1 is 1.25 bits per heavy atom. The molecular weight excluding hydrogens is 308 g/mol. The molecule has 0 aliphatic carbocycles. The molecule has 2 aromatic rings. The van der Waals surface area contributed by atoms with Gasteiger partial charge in [0.25, 0.3) is 11.8 Å². The quantitative estimate of drug-likeness (QED) is 0.905. The number of aryl methyl sites for hydroxylation is 2. The molecule has 2 N–H and O–H groups in total. The molecule has 24 heavy (non-hydrogen) atoms. The van der Waals surface area contributed by atoms with Crippen LogP contribution in [-0.2, 0) is 9.59 Å². The molecule has 3 rings (SSSR count). The minimum atomic E-state index is -0.277. The number of carbonyl (C=O) groups excluding carboxylic acids is 2. The summed E-state index contributed by atoms with van der Waals surface area (Å²) in [7, 11) is 0. The number of amides is 2. The van der Waals surface area contributed by atoms with Gasteiger partial charge in [-0.2, -0.15) is 0 Å². The van der Waals surface area contributed by atoms with Crippen LogP contribution in [0.4, 0.5) is 11.4 Å². The van der Waals surface area contributed by atoms with Gasteiger partial charge in [-0.25, -0.2) is 0 Å². The third kappa shape index (κ3) is 3.48. The van der Waals surface area contributed by atoms with Crippen LogP contribution in [0.2, 0.25) is 0 Å². The van der Waals surface area contributed by atoms with Gasteiger partial charge in [0.1, 0.15) is 11.5 Å². The van der Waals surface area contributed by atoms with E-state index in [0.717, 1.165) is 16.9 Å². The molecular formula is C18H18N2O4. The van der Waals surface area contributed by atoms with E-state index < -0.39 is 0 Å². The van der Waals surface area contributed by atoms with Crippen LogP contribution in [-0.4, -0.2) is 25.0 Å². The zero-order valence-electron chi connectivity index (χ0n) is 13.5. The lowest BCUT2D eigenvalue weighted by Crippen LogP contribution is -2.25. The number of fused-ring (bicyclic) bond motifs is 1. The van der Waals surface area contributed by atoms with Gasteiger partial charge >= 0.3 is 0 Å². The average Bonchev–Trinajstić information content (AvgIpc) is 2.54. The van der Waals surface area contributed by atoms with Gasteiger partial charge in [0.15, 0.2) is 13.2 Å². The van der Waals surface area contributed by atoms with E-state index in [1.165, 1.54) is 0 Å². The summed E-state index contributed by atoms with van der Waals surface area (Å²) < 4.78 is 10.9. The largest absolute Gasteiger partial charge is 0.483 e. The SMILES string of the molecule is Cc1cccc(C)c1OCC(=O)Nc1ccc2c(c1)NC(=O)CO2. The first-order chi connectivity index (χ1) is 11.5. The first-order valence-electron chi connectivity index (χ1n) is 7.58. The zero-order chi connectivity index (χ0) is 17.1. The van der Waals surface area contributed by atoms with Gasteiger partial charge in [-0.1, -0.05) is 18.2 Å². The lowest BCUT2D eigenvalue weighted by Gasteiger charge is -2.18. The molecule has 1 aliphatic rings. The predicted octanol–water partition coefficient (Wildman–Crippen LogP) is 2.65. The van der Waals surface area contributed by atoms with Crippen molar-refractivity contribution in [2.24, 2.45) is 0 Å². The first kappa shape index (κ1) is 15.9. The van der Waals surface area contributed by atoms with Gasteiger partial charge in [-0.15, -0.1) is 0 Å². The molecule has 0 saturated carbocycles. The maximum absolute atomic E-state index is 12.1. The maximum atomic E-state index is 12.1. The highest BCUT2D eigenvalue weighted by atomic mass is 16.5. The van der Waals surface area contributed by atoms with E-state index in [4.69, 9.17) is 9.47 Å². The van der Waals surface area contributed by atoms with Crippen molar-refractivity contribution in [1.29, 1.82) is 0 Å². The number of hydrogen-bond acceptors (Lipinski definition) is 4. The van der Waals surface area contributed by atoms with Crippen molar-refractivity contribution in [3.8, 4) is 11.5 Å². The zero-order valence-corrected chi connectivity index (χ0v) is 13.5. The number of benzene rings is 2. The molecule has 2 aromatic carbocycles. The molecule has 2 amide bonds. The number of hydrogen-bond donors (Lipinski definition) is 2. The second-order valence-corrected chi connectivity index (χ2v) is 5.61. The van der Waals surface area contributed by atoms with Crippen LogP contribution in [0.15, 0.2) is 36.4 Å². The van der Waals surface area contributed by atoms with Crippen LogP contribution in [0.1, 0.15) is 11.1 Å². The molecule has 6 heteroatoms. The molecule has 1 heterocycles. The van der Waals surface area contributed by atoms with Gasteiger partial charge in [-0.05, 0) is 43.2 Å². The predicted molar refractivity (Wildman–Crippen MR) is 90.6 cm³/mol. The van der Waals surface area contributed by atoms with E-state index in [2.05, 4.69) is 10.6 Å². The second-order valence-electron chi connectivity index (χ2n) is 5.61. The van der Waals surface area contributed by atoms with Crippen molar-refractivity contribution in [3.05, 3.63) is 47.5 Å². The number of anilines is 2. The van der Waals surface area contributed by atoms with Crippen LogP contribution in [0.25, 0.3) is 0 Å². The molecule has 0 atom stereocenters. The Morgan fingerprint density at radius 3 is 2.75 bits per heavy atom. The highest BCUT2D eigenvalue weighted by Crippen LogP contribution is 2.30. The summed E-state index contributed by atoms with van der Waals surface area (Å²) >= 11 is 0. The van der Waals surface area contributed by atoms with Crippen LogP contribution < -0.4 is 20.1 Å². The summed E-state index contributed by atoms with van der Waals surface area (Å²) in [5, 5.41) is 5.45. The highest BCUT2D eigenvalue weighted by molar-refractivity contribution is 5.97. The van der Waals surface area contributed by atoms with E-state index in [-0.39, 0.29) is 25.0 Å². The monoisotopic (exact) mass is 326 g/mol. The van der Waals surface area contributed by atoms with Gasteiger partial charge in [-0.3, -0.25) is 9.59 Å². The van der Waals surface area contributed by atoms with E-state index >= 15 is 0 Å². The molecule has 0 fully saturated rings. The Bertz CT molecular complexity index is 781. The van der Waals surface area contributed by atoms with Crippen molar-refractivity contribution in [3.63, 3.8) is 0 Å². The third-order valence-electron chi connectivity index (χ3n) is 3.65. The Kier molecular flexibility index (Phi) is 4.37. The number of ether oxygens (including phenoxy) is 2. The fourth-order valence-electron chi connectivity index (χ4n) is 2.52. The van der Waals surface area contributed by atoms with E-state index in [9.17, 15) is 9.59 Å². The normalized spacial score (nSPS) is 12.7. The Labute approximate surface area is 139 Å². The summed E-state index contributed by atoms with van der Waals surface area (Å²) in [5.41, 5.74) is 3.07. The van der Waals surface area contributed by atoms with Gasteiger partial charge in [0.05, 0.1) is 5.69 Å². The third-order valence-corrected chi connectivity index (χ3v) is 3.65. The minimum absolute atomic E-state index is 0.00231. The van der Waals surface area contributed by atoms with Crippen LogP contribution in [0.5, 0.6) is 11.5 Å². The summed E-state index contributed by atoms with van der Waals surface area (Å²) in [4.78, 5) is 23.4. The van der Waals surface area contributed by atoms with Crippen molar-refractivity contribution in [2.45, 2.75) is 13.8 Å². The Hall–Kier alpha value is -3.02. The molecule has 124 valence electrons. The van der Waals surface area contributed by atoms with E-state index in [1.54, 1.807) is 18.2 Å².